The van der Waals surface area contributed by atoms with Crippen LogP contribution in [-0.4, -0.2) is 30.3 Å². The van der Waals surface area contributed by atoms with Crippen molar-refractivity contribution in [2.75, 3.05) is 13.2 Å². The van der Waals surface area contributed by atoms with Gasteiger partial charge in [0.25, 0.3) is 0 Å². The third kappa shape index (κ3) is 3.68. The normalized spacial score (nSPS) is 19.8. The second-order valence-corrected chi connectivity index (χ2v) is 4.61. The number of aromatic nitrogens is 1. The van der Waals surface area contributed by atoms with Gasteiger partial charge in [-0.25, -0.2) is 4.98 Å². The first-order valence-corrected chi connectivity index (χ1v) is 6.17. The van der Waals surface area contributed by atoms with Crippen molar-refractivity contribution in [3.8, 4) is 5.88 Å². The Hall–Kier alpha value is -1.13. The maximum absolute atomic E-state index is 5.86. The van der Waals surface area contributed by atoms with E-state index in [9.17, 15) is 0 Å². The zero-order chi connectivity index (χ0) is 12.1. The summed E-state index contributed by atoms with van der Waals surface area (Å²) in [4.78, 5) is 4.30. The fraction of sp³-hybridized carbons (Fsp3) is 0.615. The van der Waals surface area contributed by atoms with Gasteiger partial charge in [0.05, 0.1) is 13.2 Å². The summed E-state index contributed by atoms with van der Waals surface area (Å²) in [5.74, 6) is 0.733. The Bertz CT molecular complexity index is 349. The van der Waals surface area contributed by atoms with Gasteiger partial charge >= 0.3 is 0 Å². The molecule has 1 aromatic heterocycles. The first-order valence-electron chi connectivity index (χ1n) is 6.17. The smallest absolute Gasteiger partial charge is 0.218 e. The highest BCUT2D eigenvalue weighted by Gasteiger charge is 2.19. The van der Waals surface area contributed by atoms with Crippen molar-refractivity contribution < 1.29 is 9.47 Å². The lowest BCUT2D eigenvalue weighted by Crippen LogP contribution is -2.23. The largest absolute Gasteiger partial charge is 0.472 e. The van der Waals surface area contributed by atoms with E-state index in [1.165, 1.54) is 0 Å². The highest BCUT2D eigenvalue weighted by atomic mass is 16.5. The Morgan fingerprint density at radius 1 is 1.59 bits per heavy atom. The molecule has 0 aliphatic carbocycles. The van der Waals surface area contributed by atoms with Crippen molar-refractivity contribution in [1.29, 1.82) is 0 Å². The summed E-state index contributed by atoms with van der Waals surface area (Å²) >= 11 is 0. The number of nitrogens with one attached hydrogen (secondary N) is 1. The lowest BCUT2D eigenvalue weighted by Gasteiger charge is -2.15. The molecule has 17 heavy (non-hydrogen) atoms. The Balaban J connectivity index is 1.99. The van der Waals surface area contributed by atoms with E-state index in [-0.39, 0.29) is 6.10 Å². The number of nitrogens with zero attached hydrogens (tertiary/aromatic N) is 1. The van der Waals surface area contributed by atoms with E-state index in [2.05, 4.69) is 24.1 Å². The molecule has 2 rings (SSSR count). The van der Waals surface area contributed by atoms with Gasteiger partial charge in [-0.1, -0.05) is 19.9 Å². The molecule has 1 saturated heterocycles. The van der Waals surface area contributed by atoms with Crippen LogP contribution in [0.5, 0.6) is 5.88 Å². The fourth-order valence-corrected chi connectivity index (χ4v) is 1.74. The molecule has 1 aliphatic rings. The van der Waals surface area contributed by atoms with Crippen LogP contribution in [0.2, 0.25) is 0 Å². The van der Waals surface area contributed by atoms with Crippen LogP contribution in [-0.2, 0) is 11.3 Å². The Morgan fingerprint density at radius 3 is 3.18 bits per heavy atom. The maximum atomic E-state index is 5.86. The molecule has 1 fully saturated rings. The highest BCUT2D eigenvalue weighted by molar-refractivity contribution is 5.25. The van der Waals surface area contributed by atoms with Crippen LogP contribution in [0, 0.1) is 0 Å². The zero-order valence-electron chi connectivity index (χ0n) is 10.5. The molecule has 1 aromatic rings. The predicted molar refractivity (Wildman–Crippen MR) is 66.1 cm³/mol. The molecular formula is C13H20N2O2. The molecule has 2 heterocycles. The topological polar surface area (TPSA) is 43.4 Å². The minimum absolute atomic E-state index is 0.155. The monoisotopic (exact) mass is 236 g/mol. The summed E-state index contributed by atoms with van der Waals surface area (Å²) in [7, 11) is 0. The number of ether oxygens (including phenoxy) is 2. The maximum Gasteiger partial charge on any atom is 0.218 e. The molecule has 4 heteroatoms. The van der Waals surface area contributed by atoms with Crippen LogP contribution in [0.4, 0.5) is 0 Å². The van der Waals surface area contributed by atoms with E-state index in [4.69, 9.17) is 9.47 Å². The third-order valence-electron chi connectivity index (χ3n) is 2.72. The number of rotatable bonds is 5. The molecular weight excluding hydrogens is 216 g/mol. The number of hydrogen-bond acceptors (Lipinski definition) is 4. The number of hydrogen-bond donors (Lipinski definition) is 1. The highest BCUT2D eigenvalue weighted by Crippen LogP contribution is 2.19. The Labute approximate surface area is 102 Å². The molecule has 0 radical (unpaired) electrons. The molecule has 1 N–H and O–H groups in total. The first-order chi connectivity index (χ1) is 8.25. The van der Waals surface area contributed by atoms with Gasteiger partial charge in [0.2, 0.25) is 5.88 Å². The van der Waals surface area contributed by atoms with Crippen LogP contribution in [0.3, 0.4) is 0 Å². The van der Waals surface area contributed by atoms with Gasteiger partial charge < -0.3 is 14.8 Å². The lowest BCUT2D eigenvalue weighted by molar-refractivity contribution is 0.137. The molecule has 1 unspecified atom stereocenters. The SMILES string of the molecule is CC(C)NCc1cccnc1OC1CCOC1. The lowest BCUT2D eigenvalue weighted by atomic mass is 10.2. The Morgan fingerprint density at radius 2 is 2.47 bits per heavy atom. The van der Waals surface area contributed by atoms with Gasteiger partial charge in [-0.2, -0.15) is 0 Å². The summed E-state index contributed by atoms with van der Waals surface area (Å²) in [6, 6.07) is 4.45. The molecule has 0 aromatic carbocycles. The first kappa shape index (κ1) is 12.3. The molecule has 0 saturated carbocycles. The van der Waals surface area contributed by atoms with Gasteiger partial charge in [0.1, 0.15) is 6.10 Å². The molecule has 0 amide bonds. The quantitative estimate of drug-likeness (QED) is 0.846. The van der Waals surface area contributed by atoms with E-state index < -0.39 is 0 Å². The molecule has 4 nitrogen and oxygen atoms in total. The van der Waals surface area contributed by atoms with Crippen molar-refractivity contribution in [3.05, 3.63) is 23.9 Å². The minimum atomic E-state index is 0.155. The average molecular weight is 236 g/mol. The van der Waals surface area contributed by atoms with Crippen LogP contribution in [0.15, 0.2) is 18.3 Å². The van der Waals surface area contributed by atoms with E-state index in [0.29, 0.717) is 12.6 Å². The minimum Gasteiger partial charge on any atom is -0.472 e. The van der Waals surface area contributed by atoms with Crippen LogP contribution < -0.4 is 10.1 Å². The number of pyridine rings is 1. The summed E-state index contributed by atoms with van der Waals surface area (Å²) in [6.07, 6.45) is 2.88. The standard InChI is InChI=1S/C13H20N2O2/c1-10(2)15-8-11-4-3-6-14-13(11)17-12-5-7-16-9-12/h3-4,6,10,12,15H,5,7-9H2,1-2H3. The van der Waals surface area contributed by atoms with Crippen LogP contribution >= 0.6 is 0 Å². The van der Waals surface area contributed by atoms with Crippen molar-refractivity contribution in [2.24, 2.45) is 0 Å². The van der Waals surface area contributed by atoms with Crippen molar-refractivity contribution in [1.82, 2.24) is 10.3 Å². The van der Waals surface area contributed by atoms with Gasteiger partial charge in [-0.05, 0) is 6.07 Å². The van der Waals surface area contributed by atoms with E-state index in [1.807, 2.05) is 12.1 Å². The molecule has 1 atom stereocenters. The zero-order valence-corrected chi connectivity index (χ0v) is 10.5. The van der Waals surface area contributed by atoms with Gasteiger partial charge in [0, 0.05) is 30.8 Å². The van der Waals surface area contributed by atoms with Crippen molar-refractivity contribution in [3.63, 3.8) is 0 Å². The summed E-state index contributed by atoms with van der Waals surface area (Å²) in [5.41, 5.74) is 1.10. The summed E-state index contributed by atoms with van der Waals surface area (Å²) in [6.45, 7) is 6.50. The van der Waals surface area contributed by atoms with Crippen LogP contribution in [0.25, 0.3) is 0 Å². The van der Waals surface area contributed by atoms with Gasteiger partial charge in [0.15, 0.2) is 0 Å². The van der Waals surface area contributed by atoms with Crippen LogP contribution in [0.1, 0.15) is 25.8 Å². The van der Waals surface area contributed by atoms with Gasteiger partial charge in [-0.3, -0.25) is 0 Å². The summed E-state index contributed by atoms with van der Waals surface area (Å²) < 4.78 is 11.2. The van der Waals surface area contributed by atoms with E-state index in [0.717, 1.165) is 31.0 Å². The van der Waals surface area contributed by atoms with Crippen molar-refractivity contribution in [2.45, 2.75) is 39.0 Å². The summed E-state index contributed by atoms with van der Waals surface area (Å²) in [5, 5.41) is 3.38. The second-order valence-electron chi connectivity index (χ2n) is 4.61. The average Bonchev–Trinajstić information content (AvgIpc) is 2.80. The Kier molecular flexibility index (Phi) is 4.34. The molecule has 0 spiro atoms. The fourth-order valence-electron chi connectivity index (χ4n) is 1.74. The van der Waals surface area contributed by atoms with Crippen molar-refractivity contribution >= 4 is 0 Å². The molecule has 0 bridgehead atoms. The van der Waals surface area contributed by atoms with Gasteiger partial charge in [-0.15, -0.1) is 0 Å². The van der Waals surface area contributed by atoms with E-state index >= 15 is 0 Å². The van der Waals surface area contributed by atoms with E-state index in [1.54, 1.807) is 6.20 Å². The molecule has 94 valence electrons. The predicted octanol–water partition coefficient (Wildman–Crippen LogP) is 1.75. The second kappa shape index (κ2) is 5.98. The molecule has 1 aliphatic heterocycles. The third-order valence-corrected chi connectivity index (χ3v) is 2.72.